The summed E-state index contributed by atoms with van der Waals surface area (Å²) in [6.07, 6.45) is -8.55. The van der Waals surface area contributed by atoms with Gasteiger partial charge in [0.15, 0.2) is 0 Å². The summed E-state index contributed by atoms with van der Waals surface area (Å²) in [5.74, 6) is -4.11. The van der Waals surface area contributed by atoms with E-state index < -0.39 is 24.0 Å². The molecule has 7 heteroatoms. The number of esters is 1. The molecule has 2 aromatic rings. The molecule has 0 spiro atoms. The Hall–Kier alpha value is -2.70. The Labute approximate surface area is 127 Å². The van der Waals surface area contributed by atoms with Crippen LogP contribution in [-0.2, 0) is 4.74 Å². The molecule has 2 aromatic carbocycles. The quantitative estimate of drug-likeness (QED) is 0.441. The number of benzene rings is 2. The predicted octanol–water partition coefficient (Wildman–Crippen LogP) is 5.18. The lowest BCUT2D eigenvalue weighted by atomic mass is 10.0. The fourth-order valence-corrected chi connectivity index (χ4v) is 1.78. The minimum absolute atomic E-state index is 0.271. The average molecular weight is 328 g/mol. The highest BCUT2D eigenvalue weighted by Crippen LogP contribution is 2.31. The molecule has 2 nitrogen and oxygen atoms in total. The summed E-state index contributed by atoms with van der Waals surface area (Å²) in [7, 11) is 0. The maximum Gasteiger partial charge on any atom is 0.455 e. The Morgan fingerprint density at radius 2 is 1.35 bits per heavy atom. The van der Waals surface area contributed by atoms with Crippen LogP contribution in [0.1, 0.15) is 10.4 Å². The van der Waals surface area contributed by atoms with Gasteiger partial charge >= 0.3 is 18.2 Å². The van der Waals surface area contributed by atoms with Crippen molar-refractivity contribution in [2.24, 2.45) is 0 Å². The minimum atomic E-state index is -5.45. The number of carbonyl (C=O) groups excluding carboxylic acids is 1. The summed E-state index contributed by atoms with van der Waals surface area (Å²) in [5.41, 5.74) is 1.27. The lowest BCUT2D eigenvalue weighted by molar-refractivity contribution is -0.127. The van der Waals surface area contributed by atoms with Gasteiger partial charge < -0.3 is 4.74 Å². The molecule has 0 atom stereocenters. The van der Waals surface area contributed by atoms with Gasteiger partial charge in [-0.3, -0.25) is 0 Å². The molecule has 0 aromatic heterocycles. The van der Waals surface area contributed by atoms with E-state index in [4.69, 9.17) is 0 Å². The Morgan fingerprint density at radius 1 is 0.826 bits per heavy atom. The van der Waals surface area contributed by atoms with Crippen LogP contribution >= 0.6 is 0 Å². The number of ether oxygens (including phenoxy) is 1. The molecule has 0 saturated heterocycles. The van der Waals surface area contributed by atoms with Gasteiger partial charge in [-0.2, -0.15) is 22.0 Å². The standard InChI is InChI=1S/C16H9F5O2/c17-14(18)13(16(19,20)21)23-15(22)12-8-6-11(7-9-12)10-4-2-1-3-5-10/h1-9H. The second kappa shape index (κ2) is 6.60. The third-order valence-electron chi connectivity index (χ3n) is 2.85. The summed E-state index contributed by atoms with van der Waals surface area (Å²) >= 11 is 0. The van der Waals surface area contributed by atoms with Crippen LogP contribution in [0.5, 0.6) is 0 Å². The van der Waals surface area contributed by atoms with E-state index in [1.807, 2.05) is 6.07 Å². The maximum atomic E-state index is 12.3. The molecule has 0 aliphatic rings. The highest BCUT2D eigenvalue weighted by molar-refractivity contribution is 5.90. The molecule has 2 rings (SSSR count). The fraction of sp³-hybridized carbons (Fsp3) is 0.0625. The van der Waals surface area contributed by atoms with Crippen LogP contribution in [0.3, 0.4) is 0 Å². The van der Waals surface area contributed by atoms with Crippen LogP contribution in [-0.4, -0.2) is 12.1 Å². The topological polar surface area (TPSA) is 26.3 Å². The van der Waals surface area contributed by atoms with Crippen molar-refractivity contribution in [3.8, 4) is 11.1 Å². The van der Waals surface area contributed by atoms with Gasteiger partial charge in [0.1, 0.15) is 0 Å². The largest absolute Gasteiger partial charge is 0.455 e. The molecule has 23 heavy (non-hydrogen) atoms. The first-order chi connectivity index (χ1) is 10.8. The van der Waals surface area contributed by atoms with E-state index >= 15 is 0 Å². The molecular weight excluding hydrogens is 319 g/mol. The Kier molecular flexibility index (Phi) is 4.78. The number of hydrogen-bond acceptors (Lipinski definition) is 2. The first-order valence-corrected chi connectivity index (χ1v) is 6.29. The molecule has 0 amide bonds. The third kappa shape index (κ3) is 4.15. The van der Waals surface area contributed by atoms with Crippen molar-refractivity contribution in [3.63, 3.8) is 0 Å². The average Bonchev–Trinajstić information content (AvgIpc) is 2.52. The van der Waals surface area contributed by atoms with E-state index in [-0.39, 0.29) is 5.56 Å². The van der Waals surface area contributed by atoms with Gasteiger partial charge in [0, 0.05) is 0 Å². The zero-order valence-corrected chi connectivity index (χ0v) is 11.4. The monoisotopic (exact) mass is 328 g/mol. The van der Waals surface area contributed by atoms with E-state index in [0.717, 1.165) is 5.56 Å². The highest BCUT2D eigenvalue weighted by atomic mass is 19.4. The zero-order valence-electron chi connectivity index (χ0n) is 11.4. The molecule has 0 bridgehead atoms. The van der Waals surface area contributed by atoms with Crippen LogP contribution in [0.25, 0.3) is 11.1 Å². The summed E-state index contributed by atoms with van der Waals surface area (Å²) in [5, 5.41) is 0. The molecular formula is C16H9F5O2. The smallest absolute Gasteiger partial charge is 0.412 e. The van der Waals surface area contributed by atoms with Crippen molar-refractivity contribution >= 4 is 5.97 Å². The van der Waals surface area contributed by atoms with Crippen LogP contribution in [0.4, 0.5) is 22.0 Å². The van der Waals surface area contributed by atoms with Crippen molar-refractivity contribution in [3.05, 3.63) is 72.0 Å². The van der Waals surface area contributed by atoms with Gasteiger partial charge in [0.05, 0.1) is 5.56 Å². The van der Waals surface area contributed by atoms with Gasteiger partial charge in [-0.25, -0.2) is 4.79 Å². The van der Waals surface area contributed by atoms with Gasteiger partial charge in [-0.1, -0.05) is 42.5 Å². The second-order valence-electron chi connectivity index (χ2n) is 4.42. The van der Waals surface area contributed by atoms with Gasteiger partial charge in [0.2, 0.25) is 0 Å². The Bertz CT molecular complexity index is 714. The molecule has 0 fully saturated rings. The van der Waals surface area contributed by atoms with Gasteiger partial charge in [-0.05, 0) is 23.3 Å². The third-order valence-corrected chi connectivity index (χ3v) is 2.85. The highest BCUT2D eigenvalue weighted by Gasteiger charge is 2.42. The number of halogens is 5. The molecule has 0 heterocycles. The summed E-state index contributed by atoms with van der Waals surface area (Å²) < 4.78 is 65.2. The van der Waals surface area contributed by atoms with Crippen LogP contribution in [0, 0.1) is 0 Å². The molecule has 0 unspecified atom stereocenters. The van der Waals surface area contributed by atoms with Crippen molar-refractivity contribution in [1.82, 2.24) is 0 Å². The second-order valence-corrected chi connectivity index (χ2v) is 4.42. The van der Waals surface area contributed by atoms with Crippen LogP contribution < -0.4 is 0 Å². The summed E-state index contributed by atoms with van der Waals surface area (Å²) in [6.45, 7) is 0. The van der Waals surface area contributed by atoms with Crippen molar-refractivity contribution in [2.75, 3.05) is 0 Å². The normalized spacial score (nSPS) is 11.0. The fourth-order valence-electron chi connectivity index (χ4n) is 1.78. The van der Waals surface area contributed by atoms with E-state index in [9.17, 15) is 26.7 Å². The first-order valence-electron chi connectivity index (χ1n) is 6.29. The SMILES string of the molecule is O=C(OC(=C(F)F)C(F)(F)F)c1ccc(-c2ccccc2)cc1. The van der Waals surface area contributed by atoms with Crippen LogP contribution in [0.15, 0.2) is 66.4 Å². The van der Waals surface area contributed by atoms with Gasteiger partial charge in [0.25, 0.3) is 5.76 Å². The number of alkyl halides is 3. The number of rotatable bonds is 3. The van der Waals surface area contributed by atoms with Gasteiger partial charge in [-0.15, -0.1) is 0 Å². The summed E-state index contributed by atoms with van der Waals surface area (Å²) in [4.78, 5) is 11.6. The van der Waals surface area contributed by atoms with Crippen LogP contribution in [0.2, 0.25) is 0 Å². The number of carbonyl (C=O) groups is 1. The molecule has 0 saturated carbocycles. The Morgan fingerprint density at radius 3 is 1.83 bits per heavy atom. The molecule has 0 N–H and O–H groups in total. The number of hydrogen-bond donors (Lipinski definition) is 0. The van der Waals surface area contributed by atoms with Crippen molar-refractivity contribution in [1.29, 1.82) is 0 Å². The lowest BCUT2D eigenvalue weighted by Crippen LogP contribution is -2.19. The lowest BCUT2D eigenvalue weighted by Gasteiger charge is -2.11. The van der Waals surface area contributed by atoms with E-state index in [1.54, 1.807) is 24.3 Å². The first kappa shape index (κ1) is 16.7. The molecule has 120 valence electrons. The Balaban J connectivity index is 2.20. The molecule has 0 radical (unpaired) electrons. The minimum Gasteiger partial charge on any atom is -0.412 e. The molecule has 0 aliphatic carbocycles. The van der Waals surface area contributed by atoms with E-state index in [0.29, 0.717) is 5.56 Å². The van der Waals surface area contributed by atoms with E-state index in [2.05, 4.69) is 4.74 Å². The summed E-state index contributed by atoms with van der Waals surface area (Å²) in [6, 6.07) is 14.4. The molecule has 0 aliphatic heterocycles. The van der Waals surface area contributed by atoms with Crippen molar-refractivity contribution < 1.29 is 31.5 Å². The van der Waals surface area contributed by atoms with Crippen molar-refractivity contribution in [2.45, 2.75) is 6.18 Å². The van der Waals surface area contributed by atoms with E-state index in [1.165, 1.54) is 24.3 Å². The predicted molar refractivity (Wildman–Crippen MR) is 72.6 cm³/mol. The number of allylic oxidation sites excluding steroid dienone is 1. The zero-order chi connectivity index (χ0) is 17.0. The maximum absolute atomic E-state index is 12.3.